The lowest BCUT2D eigenvalue weighted by Gasteiger charge is -2.23. The molecule has 0 aliphatic rings. The molecule has 0 saturated carbocycles. The van der Waals surface area contributed by atoms with Crippen molar-refractivity contribution in [3.63, 3.8) is 0 Å². The maximum Gasteiger partial charge on any atom is 0.0208 e. The molecule has 0 spiro atoms. The van der Waals surface area contributed by atoms with E-state index in [0.717, 1.165) is 13.0 Å². The van der Waals surface area contributed by atoms with Crippen LogP contribution in [0.1, 0.15) is 43.9 Å². The van der Waals surface area contributed by atoms with Gasteiger partial charge in [-0.15, -0.1) is 0 Å². The van der Waals surface area contributed by atoms with Crippen LogP contribution in [0.15, 0.2) is 42.5 Å². The Balaban J connectivity index is 2.41. The van der Waals surface area contributed by atoms with Crippen LogP contribution in [0.25, 0.3) is 11.1 Å². The molecule has 0 fully saturated rings. The van der Waals surface area contributed by atoms with Gasteiger partial charge >= 0.3 is 0 Å². The maximum atomic E-state index is 3.26. The molecule has 0 radical (unpaired) electrons. The number of hydrogen-bond donors (Lipinski definition) is 1. The summed E-state index contributed by atoms with van der Waals surface area (Å²) in [4.78, 5) is 0. The van der Waals surface area contributed by atoms with E-state index in [1.807, 2.05) is 7.05 Å². The van der Waals surface area contributed by atoms with Crippen LogP contribution in [0.5, 0.6) is 0 Å². The van der Waals surface area contributed by atoms with Crippen LogP contribution in [0.4, 0.5) is 0 Å². The highest BCUT2D eigenvalue weighted by molar-refractivity contribution is 5.68. The number of rotatable bonds is 5. The second-order valence-corrected chi connectivity index (χ2v) is 6.51. The van der Waals surface area contributed by atoms with Gasteiger partial charge in [0.15, 0.2) is 0 Å². The summed E-state index contributed by atoms with van der Waals surface area (Å²) in [6, 6.07) is 15.8. The first-order valence-corrected chi connectivity index (χ1v) is 7.83. The molecule has 0 aromatic heterocycles. The summed E-state index contributed by atoms with van der Waals surface area (Å²) in [6.07, 6.45) is 1.15. The van der Waals surface area contributed by atoms with E-state index in [9.17, 15) is 0 Å². The van der Waals surface area contributed by atoms with Gasteiger partial charge in [-0.25, -0.2) is 0 Å². The summed E-state index contributed by atoms with van der Waals surface area (Å²) < 4.78 is 0. The molecule has 0 aliphatic carbocycles. The Hall–Kier alpha value is -1.60. The highest BCUT2D eigenvalue weighted by Gasteiger charge is 2.17. The van der Waals surface area contributed by atoms with E-state index in [0.29, 0.717) is 0 Å². The molecule has 2 aromatic rings. The van der Waals surface area contributed by atoms with Crippen molar-refractivity contribution in [3.8, 4) is 11.1 Å². The van der Waals surface area contributed by atoms with Gasteiger partial charge in [0, 0.05) is 6.54 Å². The third kappa shape index (κ3) is 3.54. The number of hydrogen-bond acceptors (Lipinski definition) is 1. The summed E-state index contributed by atoms with van der Waals surface area (Å²) in [5.41, 5.74) is 6.97. The lowest BCUT2D eigenvalue weighted by molar-refractivity contribution is 0.506. The van der Waals surface area contributed by atoms with Gasteiger partial charge in [0.05, 0.1) is 0 Å². The van der Waals surface area contributed by atoms with Crippen LogP contribution in [0.3, 0.4) is 0 Å². The molecule has 0 aliphatic heterocycles. The first-order valence-electron chi connectivity index (χ1n) is 7.83. The quantitative estimate of drug-likeness (QED) is 0.807. The maximum absolute atomic E-state index is 3.26. The van der Waals surface area contributed by atoms with Gasteiger partial charge in [0.2, 0.25) is 0 Å². The van der Waals surface area contributed by atoms with Crippen LogP contribution >= 0.6 is 0 Å². The van der Waals surface area contributed by atoms with Crippen molar-refractivity contribution in [3.05, 3.63) is 59.2 Å². The lowest BCUT2D eigenvalue weighted by atomic mass is 9.81. The van der Waals surface area contributed by atoms with Crippen molar-refractivity contribution >= 4 is 0 Å². The molecule has 1 N–H and O–H groups in total. The molecule has 2 aromatic carbocycles. The predicted octanol–water partition coefficient (Wildman–Crippen LogP) is 5.07. The molecular formula is C20H27N. The molecule has 2 rings (SSSR count). The zero-order chi connectivity index (χ0) is 15.5. The van der Waals surface area contributed by atoms with Gasteiger partial charge in [0.1, 0.15) is 0 Å². The Morgan fingerprint density at radius 1 is 1.00 bits per heavy atom. The van der Waals surface area contributed by atoms with Crippen LogP contribution in [-0.4, -0.2) is 7.05 Å². The zero-order valence-electron chi connectivity index (χ0n) is 14.0. The Morgan fingerprint density at radius 2 is 1.67 bits per heavy atom. The van der Waals surface area contributed by atoms with E-state index in [4.69, 9.17) is 0 Å². The number of benzene rings is 2. The summed E-state index contributed by atoms with van der Waals surface area (Å²) in [7, 11) is 2.00. The van der Waals surface area contributed by atoms with Crippen molar-refractivity contribution in [1.29, 1.82) is 0 Å². The summed E-state index contributed by atoms with van der Waals surface area (Å²) in [6.45, 7) is 9.92. The second kappa shape index (κ2) is 6.44. The fraction of sp³-hybridized carbons (Fsp3) is 0.400. The summed E-state index contributed by atoms with van der Waals surface area (Å²) in [5.74, 6) is 0. The van der Waals surface area contributed by atoms with Gasteiger partial charge in [-0.3, -0.25) is 0 Å². The molecule has 0 unspecified atom stereocenters. The van der Waals surface area contributed by atoms with Crippen LogP contribution in [-0.2, 0) is 12.0 Å². The summed E-state index contributed by atoms with van der Waals surface area (Å²) in [5, 5.41) is 3.26. The molecular weight excluding hydrogens is 254 g/mol. The molecule has 0 atom stereocenters. The lowest BCUT2D eigenvalue weighted by Crippen LogP contribution is -2.15. The van der Waals surface area contributed by atoms with Crippen molar-refractivity contribution in [2.45, 2.75) is 46.1 Å². The van der Waals surface area contributed by atoms with Crippen LogP contribution in [0.2, 0.25) is 0 Å². The van der Waals surface area contributed by atoms with E-state index < -0.39 is 0 Å². The molecule has 0 saturated heterocycles. The molecule has 0 heterocycles. The first-order chi connectivity index (χ1) is 9.97. The fourth-order valence-corrected chi connectivity index (χ4v) is 2.61. The Kier molecular flexibility index (Phi) is 4.84. The smallest absolute Gasteiger partial charge is 0.0208 e. The van der Waals surface area contributed by atoms with Gasteiger partial charge in [-0.05, 0) is 48.1 Å². The van der Waals surface area contributed by atoms with E-state index >= 15 is 0 Å². The summed E-state index contributed by atoms with van der Waals surface area (Å²) >= 11 is 0. The van der Waals surface area contributed by atoms with Crippen molar-refractivity contribution in [1.82, 2.24) is 5.32 Å². The zero-order valence-corrected chi connectivity index (χ0v) is 14.0. The van der Waals surface area contributed by atoms with Crippen molar-refractivity contribution < 1.29 is 0 Å². The minimum atomic E-state index is 0.249. The van der Waals surface area contributed by atoms with Gasteiger partial charge in [-0.1, -0.05) is 68.8 Å². The molecule has 0 amide bonds. The Labute approximate surface area is 129 Å². The fourth-order valence-electron chi connectivity index (χ4n) is 2.61. The Bertz CT molecular complexity index is 594. The van der Waals surface area contributed by atoms with Gasteiger partial charge < -0.3 is 5.32 Å². The highest BCUT2D eigenvalue weighted by atomic mass is 14.8. The topological polar surface area (TPSA) is 12.0 Å². The first kappa shape index (κ1) is 15.8. The monoisotopic (exact) mass is 281 g/mol. The second-order valence-electron chi connectivity index (χ2n) is 6.51. The van der Waals surface area contributed by atoms with E-state index in [-0.39, 0.29) is 5.41 Å². The molecule has 0 bridgehead atoms. The third-order valence-electron chi connectivity index (χ3n) is 4.49. The van der Waals surface area contributed by atoms with E-state index in [1.165, 1.54) is 27.8 Å². The van der Waals surface area contributed by atoms with Crippen molar-refractivity contribution in [2.75, 3.05) is 7.05 Å². The molecule has 1 nitrogen and oxygen atoms in total. The van der Waals surface area contributed by atoms with E-state index in [1.54, 1.807) is 0 Å². The standard InChI is InChI=1S/C20H27N/c1-6-20(3,4)18-11-9-16(10-12-18)19-13-15(2)7-8-17(19)14-21-5/h7-13,21H,6,14H2,1-5H3. The average molecular weight is 281 g/mol. The minimum absolute atomic E-state index is 0.249. The minimum Gasteiger partial charge on any atom is -0.316 e. The number of aryl methyl sites for hydroxylation is 1. The Morgan fingerprint density at radius 3 is 2.24 bits per heavy atom. The SMILES string of the molecule is CCC(C)(C)c1ccc(-c2cc(C)ccc2CNC)cc1. The highest BCUT2D eigenvalue weighted by Crippen LogP contribution is 2.30. The molecule has 112 valence electrons. The van der Waals surface area contributed by atoms with E-state index in [2.05, 4.69) is 75.5 Å². The van der Waals surface area contributed by atoms with Crippen LogP contribution in [0, 0.1) is 6.92 Å². The van der Waals surface area contributed by atoms with Crippen LogP contribution < -0.4 is 5.32 Å². The molecule has 1 heteroatoms. The van der Waals surface area contributed by atoms with Gasteiger partial charge in [0.25, 0.3) is 0 Å². The molecule has 21 heavy (non-hydrogen) atoms. The van der Waals surface area contributed by atoms with Crippen molar-refractivity contribution in [2.24, 2.45) is 0 Å². The third-order valence-corrected chi connectivity index (χ3v) is 4.49. The largest absolute Gasteiger partial charge is 0.316 e. The normalized spacial score (nSPS) is 11.7. The average Bonchev–Trinajstić information content (AvgIpc) is 2.49. The predicted molar refractivity (Wildman–Crippen MR) is 92.7 cm³/mol. The van der Waals surface area contributed by atoms with Gasteiger partial charge in [-0.2, -0.15) is 0 Å². The number of nitrogens with one attached hydrogen (secondary N) is 1.